The molecule has 21 heavy (non-hydrogen) atoms. The highest BCUT2D eigenvalue weighted by Gasteiger charge is 2.60. The Morgan fingerprint density at radius 1 is 1.29 bits per heavy atom. The van der Waals surface area contributed by atoms with Crippen molar-refractivity contribution in [1.29, 1.82) is 0 Å². The van der Waals surface area contributed by atoms with Crippen molar-refractivity contribution in [2.24, 2.45) is 22.4 Å². The van der Waals surface area contributed by atoms with Gasteiger partial charge >= 0.3 is 0 Å². The van der Waals surface area contributed by atoms with Crippen LogP contribution < -0.4 is 5.43 Å². The minimum absolute atomic E-state index is 0.0528. The maximum atomic E-state index is 12.1. The van der Waals surface area contributed by atoms with Gasteiger partial charge in [-0.25, -0.2) is 5.43 Å². The van der Waals surface area contributed by atoms with Crippen LogP contribution in [0.2, 0.25) is 0 Å². The van der Waals surface area contributed by atoms with E-state index in [1.807, 2.05) is 45.0 Å². The van der Waals surface area contributed by atoms with Crippen molar-refractivity contribution in [2.45, 2.75) is 20.8 Å². The number of benzene rings is 1. The Balaban J connectivity index is 1.94. The molecule has 2 rings (SSSR count). The molecule has 0 radical (unpaired) electrons. The molecule has 5 heteroatoms. The third kappa shape index (κ3) is 3.86. The number of carbonyl (C=O) groups excluding carboxylic acids is 1. The van der Waals surface area contributed by atoms with E-state index in [-0.39, 0.29) is 27.6 Å². The number of nitrogens with zero attached hydrogens (tertiary/aromatic N) is 1. The van der Waals surface area contributed by atoms with Crippen LogP contribution in [0.1, 0.15) is 25.0 Å². The average molecular weight is 325 g/mol. The summed E-state index contributed by atoms with van der Waals surface area (Å²) in [5.41, 5.74) is 4.57. The molecule has 0 aliphatic heterocycles. The molecule has 0 unspecified atom stereocenters. The molecule has 0 bridgehead atoms. The number of allylic oxidation sites excluding steroid dienone is 1. The number of aryl methyl sites for hydroxylation is 1. The fourth-order valence-corrected chi connectivity index (χ4v) is 2.79. The maximum Gasteiger partial charge on any atom is 0.244 e. The zero-order chi connectivity index (χ0) is 15.6. The minimum atomic E-state index is -0.153. The predicted octanol–water partition coefficient (Wildman–Crippen LogP) is 4.04. The number of amides is 1. The van der Waals surface area contributed by atoms with Gasteiger partial charge in [-0.15, -0.1) is 0 Å². The van der Waals surface area contributed by atoms with Gasteiger partial charge in [-0.05, 0) is 29.9 Å². The number of hydrogen-bond donors (Lipinski definition) is 1. The summed E-state index contributed by atoms with van der Waals surface area (Å²) >= 11 is 11.3. The van der Waals surface area contributed by atoms with Crippen molar-refractivity contribution in [1.82, 2.24) is 5.43 Å². The van der Waals surface area contributed by atoms with Crippen LogP contribution in [0.3, 0.4) is 0 Å². The fourth-order valence-electron chi connectivity index (χ4n) is 2.52. The van der Waals surface area contributed by atoms with Crippen molar-refractivity contribution < 1.29 is 4.79 Å². The van der Waals surface area contributed by atoms with E-state index < -0.39 is 0 Å². The normalized spacial score (nSPS) is 22.9. The molecule has 0 heterocycles. The van der Waals surface area contributed by atoms with Crippen molar-refractivity contribution >= 4 is 35.3 Å². The largest absolute Gasteiger partial charge is 0.273 e. The van der Waals surface area contributed by atoms with Gasteiger partial charge in [0, 0.05) is 0 Å². The standard InChI is InChI=1S/C16H18Cl2N2O/c1-10-4-6-11(7-5-10)9-19-20-15(21)14-12(8-13(17)18)16(14,2)3/h4-9,12,14H,1-3H3,(H,20,21)/b19-9-/t12-,14-/m0/s1. The number of hydrogen-bond acceptors (Lipinski definition) is 2. The van der Waals surface area contributed by atoms with Crippen molar-refractivity contribution in [3.05, 3.63) is 46.0 Å². The van der Waals surface area contributed by atoms with Gasteiger partial charge in [0.1, 0.15) is 4.49 Å². The van der Waals surface area contributed by atoms with Crippen molar-refractivity contribution in [3.8, 4) is 0 Å². The summed E-state index contributed by atoms with van der Waals surface area (Å²) in [5.74, 6) is -0.212. The zero-order valence-corrected chi connectivity index (χ0v) is 13.7. The summed E-state index contributed by atoms with van der Waals surface area (Å²) in [6, 6.07) is 7.89. The number of rotatable bonds is 4. The molecular formula is C16H18Cl2N2O. The van der Waals surface area contributed by atoms with Crippen LogP contribution in [-0.4, -0.2) is 12.1 Å². The Bertz CT molecular complexity index is 587. The summed E-state index contributed by atoms with van der Waals surface area (Å²) in [6.45, 7) is 6.05. The van der Waals surface area contributed by atoms with Gasteiger partial charge in [-0.3, -0.25) is 4.79 Å². The van der Waals surface area contributed by atoms with Gasteiger partial charge in [0.05, 0.1) is 12.1 Å². The molecule has 1 amide bonds. The lowest BCUT2D eigenvalue weighted by Gasteiger charge is -2.01. The SMILES string of the molecule is Cc1ccc(/C=N\NC(=O)[C@@H]2[C@H](C=C(Cl)Cl)C2(C)C)cc1. The van der Waals surface area contributed by atoms with Crippen LogP contribution in [0.4, 0.5) is 0 Å². The van der Waals surface area contributed by atoms with Gasteiger partial charge in [0.2, 0.25) is 5.91 Å². The van der Waals surface area contributed by atoms with E-state index in [2.05, 4.69) is 10.5 Å². The number of carbonyl (C=O) groups is 1. The molecule has 1 fully saturated rings. The molecule has 1 aliphatic carbocycles. The summed E-state index contributed by atoms with van der Waals surface area (Å²) < 4.78 is 0.200. The highest BCUT2D eigenvalue weighted by molar-refractivity contribution is 6.55. The Morgan fingerprint density at radius 3 is 2.48 bits per heavy atom. The van der Waals surface area contributed by atoms with E-state index >= 15 is 0 Å². The van der Waals surface area contributed by atoms with Gasteiger partial charge < -0.3 is 0 Å². The smallest absolute Gasteiger partial charge is 0.244 e. The van der Waals surface area contributed by atoms with Crippen LogP contribution in [0.15, 0.2) is 39.9 Å². The first-order valence-corrected chi connectivity index (χ1v) is 7.50. The molecule has 1 N–H and O–H groups in total. The van der Waals surface area contributed by atoms with Crippen molar-refractivity contribution in [3.63, 3.8) is 0 Å². The topological polar surface area (TPSA) is 41.5 Å². The second-order valence-electron chi connectivity index (χ2n) is 5.93. The van der Waals surface area contributed by atoms with E-state index in [1.54, 1.807) is 12.3 Å². The lowest BCUT2D eigenvalue weighted by molar-refractivity contribution is -0.123. The molecule has 0 spiro atoms. The molecule has 1 aromatic rings. The number of hydrazone groups is 1. The van der Waals surface area contributed by atoms with Gasteiger partial charge in [-0.2, -0.15) is 5.10 Å². The summed E-state index contributed by atoms with van der Waals surface area (Å²) in [5, 5.41) is 4.00. The first kappa shape index (κ1) is 16.1. The molecule has 2 atom stereocenters. The monoisotopic (exact) mass is 324 g/mol. The first-order chi connectivity index (χ1) is 9.82. The lowest BCUT2D eigenvalue weighted by Crippen LogP contribution is -2.21. The summed E-state index contributed by atoms with van der Waals surface area (Å²) in [6.07, 6.45) is 3.35. The van der Waals surface area contributed by atoms with Crippen molar-refractivity contribution in [2.75, 3.05) is 0 Å². The second-order valence-corrected chi connectivity index (χ2v) is 6.93. The predicted molar refractivity (Wildman–Crippen MR) is 87.5 cm³/mol. The molecule has 0 saturated heterocycles. The third-order valence-corrected chi connectivity index (χ3v) is 4.22. The van der Waals surface area contributed by atoms with Crippen LogP contribution in [-0.2, 0) is 4.79 Å². The van der Waals surface area contributed by atoms with E-state index in [1.165, 1.54) is 5.56 Å². The number of nitrogens with one attached hydrogen (secondary N) is 1. The average Bonchev–Trinajstić information content (AvgIpc) is 2.92. The Hall–Kier alpha value is -1.32. The Kier molecular flexibility index (Phi) is 4.74. The van der Waals surface area contributed by atoms with Gasteiger partial charge in [0.25, 0.3) is 0 Å². The zero-order valence-electron chi connectivity index (χ0n) is 12.2. The second kappa shape index (κ2) is 6.20. The van der Waals surface area contributed by atoms with Gasteiger partial charge in [0.15, 0.2) is 0 Å². The molecule has 1 aromatic carbocycles. The Labute approximate surface area is 135 Å². The van der Waals surface area contributed by atoms with Crippen LogP contribution >= 0.6 is 23.2 Å². The van der Waals surface area contributed by atoms with E-state index in [0.717, 1.165) is 5.56 Å². The molecule has 0 aromatic heterocycles. The first-order valence-electron chi connectivity index (χ1n) is 6.75. The highest BCUT2D eigenvalue weighted by atomic mass is 35.5. The summed E-state index contributed by atoms with van der Waals surface area (Å²) in [7, 11) is 0. The fraction of sp³-hybridized carbons (Fsp3) is 0.375. The molecular weight excluding hydrogens is 307 g/mol. The van der Waals surface area contributed by atoms with Crippen LogP contribution in [0, 0.1) is 24.2 Å². The molecule has 1 aliphatic rings. The van der Waals surface area contributed by atoms with Crippen LogP contribution in [0.25, 0.3) is 0 Å². The highest BCUT2D eigenvalue weighted by Crippen LogP contribution is 2.59. The molecule has 1 saturated carbocycles. The Morgan fingerprint density at radius 2 is 1.90 bits per heavy atom. The molecule has 112 valence electrons. The van der Waals surface area contributed by atoms with E-state index in [4.69, 9.17) is 23.2 Å². The van der Waals surface area contributed by atoms with E-state index in [0.29, 0.717) is 0 Å². The molecule has 3 nitrogen and oxygen atoms in total. The lowest BCUT2D eigenvalue weighted by atomic mass is 10.1. The third-order valence-electron chi connectivity index (χ3n) is 3.96. The van der Waals surface area contributed by atoms with Crippen LogP contribution in [0.5, 0.6) is 0 Å². The maximum absolute atomic E-state index is 12.1. The quantitative estimate of drug-likeness (QED) is 0.659. The van der Waals surface area contributed by atoms with E-state index in [9.17, 15) is 4.79 Å². The van der Waals surface area contributed by atoms with Gasteiger partial charge in [-0.1, -0.05) is 66.9 Å². The number of halogens is 2. The summed E-state index contributed by atoms with van der Waals surface area (Å²) in [4.78, 5) is 12.1. The minimum Gasteiger partial charge on any atom is -0.273 e.